The molecule has 0 aliphatic rings. The summed E-state index contributed by atoms with van der Waals surface area (Å²) in [6.45, 7) is 0.716. The fraction of sp³-hybridized carbons (Fsp3) is 0.211. The molecule has 0 atom stereocenters. The van der Waals surface area contributed by atoms with Crippen LogP contribution < -0.4 is 24.7 Å². The molecule has 0 spiro atoms. The fourth-order valence-electron chi connectivity index (χ4n) is 2.10. The maximum absolute atomic E-state index is 13.1. The topological polar surface area (TPSA) is 109 Å². The van der Waals surface area contributed by atoms with Crippen molar-refractivity contribution >= 4 is 17.6 Å². The van der Waals surface area contributed by atoms with Gasteiger partial charge in [0.05, 0.1) is 18.8 Å². The molecule has 0 radical (unpaired) electrons. The molecule has 2 aromatic rings. The number of carboxylic acids is 1. The van der Waals surface area contributed by atoms with Crippen LogP contribution in [0.3, 0.4) is 0 Å². The molecule has 28 heavy (non-hydrogen) atoms. The highest BCUT2D eigenvalue weighted by Crippen LogP contribution is 2.28. The molecular weight excluding hydrogens is 371 g/mol. The summed E-state index contributed by atoms with van der Waals surface area (Å²) >= 11 is 0. The number of ether oxygens (including phenoxy) is 3. The summed E-state index contributed by atoms with van der Waals surface area (Å²) in [5, 5.41) is 14.5. The standard InChI is InChI=1S/C19H19FN2O6/c1-12(13-6-7-16(17(8-13)26-2)28-11-19(24)25)21-22-18(23)10-27-15-5-3-4-14(20)9-15/h3-9H,10-11H2,1-2H3,(H,22,23)(H,24,25)/p-1/b21-12-. The summed E-state index contributed by atoms with van der Waals surface area (Å²) in [6.07, 6.45) is 0. The third-order valence-electron chi connectivity index (χ3n) is 3.44. The normalized spacial score (nSPS) is 10.9. The van der Waals surface area contributed by atoms with E-state index < -0.39 is 24.3 Å². The zero-order chi connectivity index (χ0) is 20.5. The Morgan fingerprint density at radius 1 is 1.11 bits per heavy atom. The molecule has 0 fully saturated rings. The van der Waals surface area contributed by atoms with Crippen LogP contribution in [-0.2, 0) is 9.59 Å². The van der Waals surface area contributed by atoms with Crippen LogP contribution in [0.5, 0.6) is 17.2 Å². The quantitative estimate of drug-likeness (QED) is 0.504. The molecule has 1 N–H and O–H groups in total. The highest BCUT2D eigenvalue weighted by molar-refractivity contribution is 5.99. The van der Waals surface area contributed by atoms with Gasteiger partial charge < -0.3 is 24.1 Å². The maximum Gasteiger partial charge on any atom is 0.277 e. The minimum atomic E-state index is -1.35. The Labute approximate surface area is 160 Å². The Kier molecular flexibility index (Phi) is 7.32. The van der Waals surface area contributed by atoms with Crippen molar-refractivity contribution < 1.29 is 33.3 Å². The predicted octanol–water partition coefficient (Wildman–Crippen LogP) is 0.882. The molecule has 0 aliphatic heterocycles. The van der Waals surface area contributed by atoms with Gasteiger partial charge in [-0.1, -0.05) is 6.07 Å². The summed E-state index contributed by atoms with van der Waals surface area (Å²) in [5.41, 5.74) is 3.41. The van der Waals surface area contributed by atoms with E-state index in [9.17, 15) is 19.1 Å². The molecular formula is C19H18FN2O6-. The second kappa shape index (κ2) is 9.91. The van der Waals surface area contributed by atoms with Crippen molar-refractivity contribution in [2.24, 2.45) is 5.10 Å². The minimum Gasteiger partial charge on any atom is -0.546 e. The van der Waals surface area contributed by atoms with E-state index in [-0.39, 0.29) is 18.1 Å². The molecule has 2 rings (SSSR count). The van der Waals surface area contributed by atoms with E-state index >= 15 is 0 Å². The number of benzene rings is 2. The van der Waals surface area contributed by atoms with Gasteiger partial charge in [0.15, 0.2) is 18.1 Å². The first kappa shape index (κ1) is 20.7. The van der Waals surface area contributed by atoms with E-state index in [1.165, 1.54) is 31.4 Å². The number of hydrogen-bond acceptors (Lipinski definition) is 7. The van der Waals surface area contributed by atoms with Crippen molar-refractivity contribution in [3.63, 3.8) is 0 Å². The Morgan fingerprint density at radius 2 is 1.89 bits per heavy atom. The van der Waals surface area contributed by atoms with Gasteiger partial charge in [0.25, 0.3) is 5.91 Å². The molecule has 0 saturated heterocycles. The highest BCUT2D eigenvalue weighted by Gasteiger charge is 2.09. The van der Waals surface area contributed by atoms with Crippen LogP contribution in [0.2, 0.25) is 0 Å². The van der Waals surface area contributed by atoms with Crippen molar-refractivity contribution in [3.05, 3.63) is 53.8 Å². The van der Waals surface area contributed by atoms with Gasteiger partial charge in [-0.25, -0.2) is 9.82 Å². The van der Waals surface area contributed by atoms with Crippen LogP contribution in [0.25, 0.3) is 0 Å². The van der Waals surface area contributed by atoms with Crippen molar-refractivity contribution in [2.75, 3.05) is 20.3 Å². The van der Waals surface area contributed by atoms with Crippen LogP contribution in [0.1, 0.15) is 12.5 Å². The molecule has 2 aromatic carbocycles. The van der Waals surface area contributed by atoms with E-state index in [1.54, 1.807) is 19.1 Å². The number of nitrogens with one attached hydrogen (secondary N) is 1. The van der Waals surface area contributed by atoms with Gasteiger partial charge in [-0.15, -0.1) is 0 Å². The Bertz CT molecular complexity index is 884. The number of carbonyl (C=O) groups is 2. The number of carbonyl (C=O) groups excluding carboxylic acids is 2. The first-order valence-electron chi connectivity index (χ1n) is 8.11. The molecule has 1 amide bonds. The fourth-order valence-corrected chi connectivity index (χ4v) is 2.10. The molecule has 0 aromatic heterocycles. The number of amides is 1. The lowest BCUT2D eigenvalue weighted by Gasteiger charge is -2.12. The van der Waals surface area contributed by atoms with Gasteiger partial charge in [-0.2, -0.15) is 5.10 Å². The monoisotopic (exact) mass is 389 g/mol. The highest BCUT2D eigenvalue weighted by atomic mass is 19.1. The number of rotatable bonds is 9. The van der Waals surface area contributed by atoms with Crippen molar-refractivity contribution in [3.8, 4) is 17.2 Å². The molecule has 0 unspecified atom stereocenters. The van der Waals surface area contributed by atoms with Crippen LogP contribution in [0, 0.1) is 5.82 Å². The number of methoxy groups -OCH3 is 1. The molecule has 0 heterocycles. The number of nitrogens with zero attached hydrogens (tertiary/aromatic N) is 1. The molecule has 9 heteroatoms. The van der Waals surface area contributed by atoms with E-state index in [4.69, 9.17) is 14.2 Å². The lowest BCUT2D eigenvalue weighted by Crippen LogP contribution is -2.29. The first-order valence-corrected chi connectivity index (χ1v) is 8.11. The average molecular weight is 389 g/mol. The summed E-state index contributed by atoms with van der Waals surface area (Å²) in [4.78, 5) is 22.3. The van der Waals surface area contributed by atoms with Gasteiger partial charge >= 0.3 is 0 Å². The maximum atomic E-state index is 13.1. The summed E-state index contributed by atoms with van der Waals surface area (Å²) in [6, 6.07) is 10.2. The number of aliphatic carboxylic acids is 1. The largest absolute Gasteiger partial charge is 0.546 e. The van der Waals surface area contributed by atoms with Crippen molar-refractivity contribution in [1.29, 1.82) is 0 Å². The van der Waals surface area contributed by atoms with Gasteiger partial charge in [0.2, 0.25) is 0 Å². The van der Waals surface area contributed by atoms with Crippen LogP contribution in [0.15, 0.2) is 47.6 Å². The van der Waals surface area contributed by atoms with Gasteiger partial charge in [-0.3, -0.25) is 4.79 Å². The zero-order valence-electron chi connectivity index (χ0n) is 15.2. The van der Waals surface area contributed by atoms with Crippen LogP contribution in [0.4, 0.5) is 4.39 Å². The Morgan fingerprint density at radius 3 is 2.57 bits per heavy atom. The smallest absolute Gasteiger partial charge is 0.277 e. The summed E-state index contributed by atoms with van der Waals surface area (Å²) in [7, 11) is 1.41. The number of hydrazone groups is 1. The second-order valence-corrected chi connectivity index (χ2v) is 5.50. The number of halogens is 1. The summed E-state index contributed by atoms with van der Waals surface area (Å²) in [5.74, 6) is -1.58. The van der Waals surface area contributed by atoms with Gasteiger partial charge in [0.1, 0.15) is 18.2 Å². The minimum absolute atomic E-state index is 0.229. The Balaban J connectivity index is 1.96. The zero-order valence-corrected chi connectivity index (χ0v) is 15.2. The number of hydrogen-bond donors (Lipinski definition) is 1. The SMILES string of the molecule is COc1cc(/C(C)=N\NC(=O)COc2cccc(F)c2)ccc1OCC(=O)[O-]. The average Bonchev–Trinajstić information content (AvgIpc) is 2.68. The second-order valence-electron chi connectivity index (χ2n) is 5.50. The molecule has 8 nitrogen and oxygen atoms in total. The number of carboxylic acid groups (broad SMARTS) is 1. The first-order chi connectivity index (χ1) is 13.4. The lowest BCUT2D eigenvalue weighted by molar-refractivity contribution is -0.307. The molecule has 0 bridgehead atoms. The third kappa shape index (κ3) is 6.27. The summed E-state index contributed by atoms with van der Waals surface area (Å²) < 4.78 is 28.5. The van der Waals surface area contributed by atoms with E-state index in [1.807, 2.05) is 0 Å². The van der Waals surface area contributed by atoms with Gasteiger partial charge in [0, 0.05) is 11.6 Å². The van der Waals surface area contributed by atoms with Crippen LogP contribution in [-0.4, -0.2) is 37.9 Å². The molecule has 0 aliphatic carbocycles. The Hall–Kier alpha value is -3.62. The predicted molar refractivity (Wildman–Crippen MR) is 95.7 cm³/mol. The molecule has 0 saturated carbocycles. The van der Waals surface area contributed by atoms with E-state index in [0.29, 0.717) is 17.0 Å². The van der Waals surface area contributed by atoms with E-state index in [0.717, 1.165) is 6.07 Å². The van der Waals surface area contributed by atoms with E-state index in [2.05, 4.69) is 10.5 Å². The third-order valence-corrected chi connectivity index (χ3v) is 3.44. The molecule has 148 valence electrons. The van der Waals surface area contributed by atoms with Crippen LogP contribution >= 0.6 is 0 Å². The van der Waals surface area contributed by atoms with Crippen molar-refractivity contribution in [2.45, 2.75) is 6.92 Å². The van der Waals surface area contributed by atoms with Gasteiger partial charge in [-0.05, 0) is 37.3 Å². The lowest BCUT2D eigenvalue weighted by atomic mass is 10.1. The van der Waals surface area contributed by atoms with Crippen molar-refractivity contribution in [1.82, 2.24) is 5.43 Å².